The summed E-state index contributed by atoms with van der Waals surface area (Å²) >= 11 is 0. The predicted molar refractivity (Wildman–Crippen MR) is 66.3 cm³/mol. The molecule has 0 aliphatic carbocycles. The molecular formula is C10H20N4O2S. The highest BCUT2D eigenvalue weighted by atomic mass is 32.2. The zero-order valence-corrected chi connectivity index (χ0v) is 11.4. The first-order chi connectivity index (χ1) is 7.92. The van der Waals surface area contributed by atoms with Crippen LogP contribution in [0, 0.1) is 0 Å². The van der Waals surface area contributed by atoms with Crippen LogP contribution in [-0.2, 0) is 22.9 Å². The Bertz CT molecular complexity index is 441. The third-order valence-corrected chi connectivity index (χ3v) is 3.40. The molecule has 1 N–H and O–H groups in total. The van der Waals surface area contributed by atoms with Crippen molar-refractivity contribution in [3.8, 4) is 0 Å². The Morgan fingerprint density at radius 3 is 2.82 bits per heavy atom. The lowest BCUT2D eigenvalue weighted by atomic mass is 10.4. The third-order valence-electron chi connectivity index (χ3n) is 2.29. The monoisotopic (exact) mass is 260 g/mol. The first-order valence-electron chi connectivity index (χ1n) is 5.70. The molecule has 1 atom stereocenters. The van der Waals surface area contributed by atoms with Crippen molar-refractivity contribution >= 4 is 9.84 Å². The normalized spacial score (nSPS) is 13.8. The van der Waals surface area contributed by atoms with Gasteiger partial charge in [0, 0.05) is 18.8 Å². The zero-order valence-electron chi connectivity index (χ0n) is 10.5. The van der Waals surface area contributed by atoms with E-state index in [0.717, 1.165) is 18.8 Å². The van der Waals surface area contributed by atoms with Crippen LogP contribution < -0.4 is 5.32 Å². The van der Waals surface area contributed by atoms with Crippen molar-refractivity contribution in [1.29, 1.82) is 0 Å². The van der Waals surface area contributed by atoms with Crippen LogP contribution in [0.2, 0.25) is 0 Å². The number of hydrogen-bond acceptors (Lipinski definition) is 5. The van der Waals surface area contributed by atoms with Gasteiger partial charge in [0.25, 0.3) is 0 Å². The molecule has 0 saturated heterocycles. The number of rotatable bonds is 7. The first-order valence-corrected chi connectivity index (χ1v) is 7.76. The van der Waals surface area contributed by atoms with Crippen LogP contribution in [0.4, 0.5) is 0 Å². The molecule has 0 spiro atoms. The van der Waals surface area contributed by atoms with E-state index in [2.05, 4.69) is 22.3 Å². The molecule has 98 valence electrons. The Morgan fingerprint density at radius 1 is 1.53 bits per heavy atom. The lowest BCUT2D eigenvalue weighted by molar-refractivity contribution is 0.512. The zero-order chi connectivity index (χ0) is 12.9. The molecule has 0 aromatic carbocycles. The fourth-order valence-corrected chi connectivity index (χ4v) is 2.63. The minimum atomic E-state index is -2.94. The van der Waals surface area contributed by atoms with Crippen LogP contribution in [0.15, 0.2) is 6.33 Å². The smallest absolute Gasteiger partial charge is 0.148 e. The van der Waals surface area contributed by atoms with Crippen molar-refractivity contribution in [2.75, 3.05) is 12.0 Å². The van der Waals surface area contributed by atoms with Gasteiger partial charge in [0.1, 0.15) is 22.0 Å². The topological polar surface area (TPSA) is 76.9 Å². The summed E-state index contributed by atoms with van der Waals surface area (Å²) in [5.74, 6) is 0.974. The van der Waals surface area contributed by atoms with Gasteiger partial charge in [-0.15, -0.1) is 0 Å². The molecule has 0 bridgehead atoms. The summed E-state index contributed by atoms with van der Waals surface area (Å²) in [4.78, 5) is 4.14. The number of aryl methyl sites for hydroxylation is 1. The number of nitrogens with zero attached hydrogens (tertiary/aromatic N) is 3. The summed E-state index contributed by atoms with van der Waals surface area (Å²) in [6.45, 7) is 5.29. The summed E-state index contributed by atoms with van der Waals surface area (Å²) in [7, 11) is -2.94. The number of aromatic nitrogens is 3. The van der Waals surface area contributed by atoms with Crippen molar-refractivity contribution in [1.82, 2.24) is 20.1 Å². The van der Waals surface area contributed by atoms with E-state index in [1.54, 1.807) is 0 Å². The van der Waals surface area contributed by atoms with E-state index in [-0.39, 0.29) is 11.8 Å². The highest BCUT2D eigenvalue weighted by Gasteiger charge is 2.11. The summed E-state index contributed by atoms with van der Waals surface area (Å²) < 4.78 is 24.0. The van der Waals surface area contributed by atoms with Crippen LogP contribution in [0.3, 0.4) is 0 Å². The summed E-state index contributed by atoms with van der Waals surface area (Å²) in [6, 6.07) is -0.0863. The largest absolute Gasteiger partial charge is 0.306 e. The van der Waals surface area contributed by atoms with Crippen LogP contribution in [-0.4, -0.2) is 41.2 Å². The number of nitrogens with one attached hydrogen (secondary N) is 1. The van der Waals surface area contributed by atoms with Crippen LogP contribution in [0.1, 0.15) is 26.1 Å². The molecule has 17 heavy (non-hydrogen) atoms. The average Bonchev–Trinajstić information content (AvgIpc) is 2.60. The summed E-state index contributed by atoms with van der Waals surface area (Å²) in [6.07, 6.45) is 3.76. The second kappa shape index (κ2) is 6.11. The maximum absolute atomic E-state index is 11.1. The molecule has 1 rings (SSSR count). The molecule has 0 aliphatic heterocycles. The highest BCUT2D eigenvalue weighted by Crippen LogP contribution is 1.97. The Labute approximate surface area is 102 Å². The Morgan fingerprint density at radius 2 is 2.24 bits per heavy atom. The summed E-state index contributed by atoms with van der Waals surface area (Å²) in [5.41, 5.74) is 0. The molecule has 0 fully saturated rings. The molecule has 6 nitrogen and oxygen atoms in total. The average molecular weight is 260 g/mol. The maximum Gasteiger partial charge on any atom is 0.148 e. The van der Waals surface area contributed by atoms with Crippen LogP contribution in [0.5, 0.6) is 0 Å². The molecular weight excluding hydrogens is 240 g/mol. The van der Waals surface area contributed by atoms with E-state index in [4.69, 9.17) is 0 Å². The lowest BCUT2D eigenvalue weighted by Crippen LogP contribution is -2.33. The van der Waals surface area contributed by atoms with E-state index in [0.29, 0.717) is 6.54 Å². The highest BCUT2D eigenvalue weighted by molar-refractivity contribution is 7.90. The van der Waals surface area contributed by atoms with E-state index >= 15 is 0 Å². The lowest BCUT2D eigenvalue weighted by Gasteiger charge is -2.12. The van der Waals surface area contributed by atoms with Crippen molar-refractivity contribution < 1.29 is 8.42 Å². The van der Waals surface area contributed by atoms with Crippen LogP contribution in [0.25, 0.3) is 0 Å². The minimum Gasteiger partial charge on any atom is -0.306 e. The van der Waals surface area contributed by atoms with Gasteiger partial charge in [0.2, 0.25) is 0 Å². The van der Waals surface area contributed by atoms with Gasteiger partial charge in [-0.05, 0) is 13.3 Å². The number of sulfone groups is 1. The van der Waals surface area contributed by atoms with E-state index in [1.165, 1.54) is 12.6 Å². The molecule has 0 radical (unpaired) electrons. The maximum atomic E-state index is 11.1. The second-order valence-electron chi connectivity index (χ2n) is 4.27. The van der Waals surface area contributed by atoms with E-state index in [9.17, 15) is 8.42 Å². The molecule has 0 saturated carbocycles. The van der Waals surface area contributed by atoms with Gasteiger partial charge in [0.15, 0.2) is 0 Å². The molecule has 7 heteroatoms. The molecule has 1 aromatic heterocycles. The fourth-order valence-electron chi connectivity index (χ4n) is 1.60. The van der Waals surface area contributed by atoms with Crippen molar-refractivity contribution in [2.24, 2.45) is 0 Å². The minimum absolute atomic E-state index is 0.0863. The Balaban J connectivity index is 2.47. The Hall–Kier alpha value is -0.950. The Kier molecular flexibility index (Phi) is 5.07. The molecule has 1 heterocycles. The van der Waals surface area contributed by atoms with Gasteiger partial charge in [-0.25, -0.2) is 18.1 Å². The van der Waals surface area contributed by atoms with Gasteiger partial charge in [-0.2, -0.15) is 5.10 Å². The van der Waals surface area contributed by atoms with Crippen molar-refractivity contribution in [3.05, 3.63) is 12.2 Å². The van der Waals surface area contributed by atoms with Gasteiger partial charge in [-0.1, -0.05) is 6.92 Å². The first kappa shape index (κ1) is 14.1. The molecule has 1 aromatic rings. The van der Waals surface area contributed by atoms with Gasteiger partial charge in [-0.3, -0.25) is 0 Å². The van der Waals surface area contributed by atoms with E-state index in [1.807, 2.05) is 11.6 Å². The third kappa shape index (κ3) is 5.27. The van der Waals surface area contributed by atoms with E-state index < -0.39 is 9.84 Å². The van der Waals surface area contributed by atoms with Crippen molar-refractivity contribution in [3.63, 3.8) is 0 Å². The number of hydrogen-bond donors (Lipinski definition) is 1. The van der Waals surface area contributed by atoms with Gasteiger partial charge < -0.3 is 5.32 Å². The standard InChI is InChI=1S/C10H20N4O2S/c1-4-5-14-10(12-8-13-14)6-11-9(2)7-17(3,15)16/h8-9,11H,4-7H2,1-3H3. The quantitative estimate of drug-likeness (QED) is 0.758. The summed E-state index contributed by atoms with van der Waals surface area (Å²) in [5, 5.41) is 7.24. The van der Waals surface area contributed by atoms with Gasteiger partial charge in [0.05, 0.1) is 12.3 Å². The van der Waals surface area contributed by atoms with Crippen molar-refractivity contribution in [2.45, 2.75) is 39.4 Å². The molecule has 1 unspecified atom stereocenters. The second-order valence-corrected chi connectivity index (χ2v) is 6.46. The molecule has 0 aliphatic rings. The fraction of sp³-hybridized carbons (Fsp3) is 0.800. The SMILES string of the molecule is CCCn1ncnc1CNC(C)CS(C)(=O)=O. The predicted octanol–water partition coefficient (Wildman–Crippen LogP) is 0.211. The van der Waals surface area contributed by atoms with Gasteiger partial charge >= 0.3 is 0 Å². The molecule has 0 amide bonds. The van der Waals surface area contributed by atoms with Crippen LogP contribution >= 0.6 is 0 Å².